The first-order chi connectivity index (χ1) is 16.3. The van der Waals surface area contributed by atoms with Crippen LogP contribution in [0.5, 0.6) is 5.75 Å². The number of nitrogens with zero attached hydrogens (tertiary/aromatic N) is 1. The molecule has 0 heterocycles. The SMILES string of the molecule is [2H]C([2H])([2H])C(NC[C@H](O)COc1ccc(NC(=O)N(CC)CC)cc1C(C)=O)(C([2H])([2H])[2H])C([2H])([2H])[2H]. The average Bonchev–Trinajstić information content (AvgIpc) is 2.70. The average molecular weight is 389 g/mol. The van der Waals surface area contributed by atoms with E-state index >= 15 is 0 Å². The number of benzene rings is 1. The molecule has 7 nitrogen and oxygen atoms in total. The molecule has 0 unspecified atom stereocenters. The first-order valence-electron chi connectivity index (χ1n) is 13.1. The van der Waals surface area contributed by atoms with Gasteiger partial charge in [0.15, 0.2) is 5.78 Å². The highest BCUT2D eigenvalue weighted by molar-refractivity contribution is 5.99. The normalized spacial score (nSPS) is 18.7. The number of carbonyl (C=O) groups is 2. The highest BCUT2D eigenvalue weighted by Gasteiger charge is 2.16. The van der Waals surface area contributed by atoms with Crippen LogP contribution in [0, 0.1) is 0 Å². The van der Waals surface area contributed by atoms with Crippen LogP contribution in [0.25, 0.3) is 0 Å². The third kappa shape index (κ3) is 7.97. The van der Waals surface area contributed by atoms with E-state index < -0.39 is 51.1 Å². The number of hydrogen-bond acceptors (Lipinski definition) is 5. The fourth-order valence-electron chi connectivity index (χ4n) is 2.24. The highest BCUT2D eigenvalue weighted by atomic mass is 16.5. The number of ketones is 1. The summed E-state index contributed by atoms with van der Waals surface area (Å²) in [4.78, 5) is 25.9. The summed E-state index contributed by atoms with van der Waals surface area (Å²) in [7, 11) is 0. The Morgan fingerprint density at radius 2 is 1.96 bits per heavy atom. The van der Waals surface area contributed by atoms with Crippen LogP contribution in [-0.2, 0) is 0 Å². The van der Waals surface area contributed by atoms with Crippen LogP contribution in [0.15, 0.2) is 18.2 Å². The van der Waals surface area contributed by atoms with Crippen molar-refractivity contribution in [2.45, 2.75) is 53.0 Å². The van der Waals surface area contributed by atoms with Crippen molar-refractivity contribution in [2.75, 3.05) is 31.6 Å². The summed E-state index contributed by atoms with van der Waals surface area (Å²) in [6.07, 6.45) is -1.53. The van der Waals surface area contributed by atoms with Crippen LogP contribution >= 0.6 is 0 Å². The summed E-state index contributed by atoms with van der Waals surface area (Å²) >= 11 is 0. The topological polar surface area (TPSA) is 90.9 Å². The molecule has 1 aromatic carbocycles. The molecule has 0 radical (unpaired) electrons. The molecule has 0 aliphatic heterocycles. The number of ether oxygens (including phenoxy) is 1. The van der Waals surface area contributed by atoms with E-state index in [1.54, 1.807) is 4.90 Å². The van der Waals surface area contributed by atoms with E-state index in [2.05, 4.69) is 5.32 Å². The van der Waals surface area contributed by atoms with Gasteiger partial charge in [-0.05, 0) is 59.5 Å². The maximum absolute atomic E-state index is 12.3. The minimum atomic E-state index is -3.46. The zero-order chi connectivity index (χ0) is 28.1. The van der Waals surface area contributed by atoms with Crippen molar-refractivity contribution in [3.8, 4) is 5.75 Å². The lowest BCUT2D eigenvalue weighted by molar-refractivity contribution is 0.0950. The zero-order valence-corrected chi connectivity index (χ0v) is 15.8. The first kappa shape index (κ1) is 12.4. The van der Waals surface area contributed by atoms with E-state index in [0.717, 1.165) is 0 Å². The number of rotatable bonds is 9. The Morgan fingerprint density at radius 1 is 1.30 bits per heavy atom. The smallest absolute Gasteiger partial charge is 0.321 e. The van der Waals surface area contributed by atoms with Crippen molar-refractivity contribution in [3.05, 3.63) is 23.8 Å². The molecule has 152 valence electrons. The Hall–Kier alpha value is -2.12. The Labute approximate surface area is 174 Å². The van der Waals surface area contributed by atoms with E-state index in [-0.39, 0.29) is 17.3 Å². The fraction of sp³-hybridized carbons (Fsp3) is 0.600. The number of β-amino-alcohol motifs (C(OH)–C–C–N with tert-alkyl or cyclic N) is 1. The molecule has 0 aliphatic carbocycles. The highest BCUT2D eigenvalue weighted by Crippen LogP contribution is 2.24. The molecule has 0 saturated heterocycles. The molecule has 0 aromatic heterocycles. The van der Waals surface area contributed by atoms with Gasteiger partial charge in [0, 0.05) is 43.2 Å². The number of carbonyl (C=O) groups excluding carboxylic acids is 2. The number of aliphatic hydroxyl groups excluding tert-OH is 1. The molecular formula is C20H33N3O4. The van der Waals surface area contributed by atoms with Crippen LogP contribution in [0.4, 0.5) is 10.5 Å². The van der Waals surface area contributed by atoms with Gasteiger partial charge >= 0.3 is 6.03 Å². The monoisotopic (exact) mass is 388 g/mol. The van der Waals surface area contributed by atoms with Gasteiger partial charge in [-0.3, -0.25) is 4.79 Å². The lowest BCUT2D eigenvalue weighted by Crippen LogP contribution is -2.42. The summed E-state index contributed by atoms with van der Waals surface area (Å²) in [5.41, 5.74) is -2.86. The van der Waals surface area contributed by atoms with Gasteiger partial charge < -0.3 is 25.4 Å². The Bertz CT molecular complexity index is 877. The number of urea groups is 1. The third-order valence-electron chi connectivity index (χ3n) is 3.69. The van der Waals surface area contributed by atoms with Crippen molar-refractivity contribution in [1.29, 1.82) is 0 Å². The second kappa shape index (κ2) is 10.3. The second-order valence-electron chi connectivity index (χ2n) is 5.97. The van der Waals surface area contributed by atoms with Gasteiger partial charge in [0.05, 0.1) is 5.56 Å². The summed E-state index contributed by atoms with van der Waals surface area (Å²) in [5, 5.41) is 15.0. The summed E-state index contributed by atoms with van der Waals surface area (Å²) in [5.74, 6) is -0.348. The summed E-state index contributed by atoms with van der Waals surface area (Å²) in [6.45, 7) is -5.75. The molecular weight excluding hydrogens is 346 g/mol. The molecule has 0 spiro atoms. The van der Waals surface area contributed by atoms with Crippen molar-refractivity contribution in [2.24, 2.45) is 0 Å². The first-order valence-corrected chi connectivity index (χ1v) is 8.59. The number of hydrogen-bond donors (Lipinski definition) is 3. The molecule has 1 atom stereocenters. The summed E-state index contributed by atoms with van der Waals surface area (Å²) < 4.78 is 73.8. The minimum absolute atomic E-state index is 0.0520. The van der Waals surface area contributed by atoms with E-state index in [9.17, 15) is 14.7 Å². The Morgan fingerprint density at radius 3 is 2.52 bits per heavy atom. The van der Waals surface area contributed by atoms with Gasteiger partial charge in [0.1, 0.15) is 18.5 Å². The maximum Gasteiger partial charge on any atom is 0.321 e. The lowest BCUT2D eigenvalue weighted by atomic mass is 10.1. The Kier molecular flexibility index (Phi) is 4.70. The van der Waals surface area contributed by atoms with Crippen LogP contribution in [0.3, 0.4) is 0 Å². The lowest BCUT2D eigenvalue weighted by Gasteiger charge is -2.23. The van der Waals surface area contributed by atoms with Crippen LogP contribution in [0.1, 0.15) is 64.0 Å². The van der Waals surface area contributed by atoms with Gasteiger partial charge in [-0.1, -0.05) is 0 Å². The molecule has 1 rings (SSSR count). The van der Waals surface area contributed by atoms with Crippen molar-refractivity contribution < 1.29 is 31.8 Å². The van der Waals surface area contributed by atoms with Crippen LogP contribution in [-0.4, -0.2) is 59.7 Å². The quantitative estimate of drug-likeness (QED) is 0.566. The second-order valence-corrected chi connectivity index (χ2v) is 5.97. The number of amides is 2. The molecule has 27 heavy (non-hydrogen) atoms. The maximum atomic E-state index is 12.3. The standard InChI is InChI=1S/C20H33N3O4/c1-7-23(8-2)19(26)22-15-9-10-18(17(11-15)14(3)24)27-13-16(25)12-21-20(4,5)6/h9-11,16,21,25H,7-8,12-13H2,1-6H3,(H,22,26)/t16-/m0/s1/i4D3,5D3,6D3. The van der Waals surface area contributed by atoms with Gasteiger partial charge in [-0.25, -0.2) is 4.79 Å². The van der Waals surface area contributed by atoms with Crippen molar-refractivity contribution >= 4 is 17.5 Å². The molecule has 7 heteroatoms. The van der Waals surface area contributed by atoms with E-state index in [1.807, 2.05) is 19.2 Å². The van der Waals surface area contributed by atoms with Gasteiger partial charge in [0.25, 0.3) is 0 Å². The largest absolute Gasteiger partial charge is 0.490 e. The zero-order valence-electron chi connectivity index (χ0n) is 24.8. The summed E-state index contributed by atoms with van der Waals surface area (Å²) in [6, 6.07) is 3.92. The van der Waals surface area contributed by atoms with Crippen LogP contribution in [0.2, 0.25) is 0 Å². The molecule has 3 N–H and O–H groups in total. The van der Waals surface area contributed by atoms with Crippen molar-refractivity contribution in [1.82, 2.24) is 10.2 Å². The molecule has 0 fully saturated rings. The molecule has 0 saturated carbocycles. The number of anilines is 1. The van der Waals surface area contributed by atoms with Gasteiger partial charge in [-0.2, -0.15) is 0 Å². The molecule has 1 aromatic rings. The fourth-order valence-corrected chi connectivity index (χ4v) is 2.24. The van der Waals surface area contributed by atoms with E-state index in [0.29, 0.717) is 18.8 Å². The van der Waals surface area contributed by atoms with Crippen molar-refractivity contribution in [3.63, 3.8) is 0 Å². The van der Waals surface area contributed by atoms with E-state index in [1.165, 1.54) is 25.1 Å². The molecule has 0 bridgehead atoms. The molecule has 0 aliphatic rings. The molecule has 2 amide bonds. The Balaban J connectivity index is 3.03. The van der Waals surface area contributed by atoms with E-state index in [4.69, 9.17) is 17.1 Å². The number of Topliss-reactive ketones (excluding diaryl/α,β-unsaturated/α-hetero) is 1. The number of aliphatic hydroxyl groups is 1. The van der Waals surface area contributed by atoms with Crippen LogP contribution < -0.4 is 15.4 Å². The third-order valence-corrected chi connectivity index (χ3v) is 3.69. The van der Waals surface area contributed by atoms with Gasteiger partial charge in [0.2, 0.25) is 0 Å². The minimum Gasteiger partial charge on any atom is -0.490 e. The predicted octanol–water partition coefficient (Wildman–Crippen LogP) is 2.89. The number of nitrogens with one attached hydrogen (secondary N) is 2. The predicted molar refractivity (Wildman–Crippen MR) is 108 cm³/mol. The van der Waals surface area contributed by atoms with Gasteiger partial charge in [-0.15, -0.1) is 0 Å².